The minimum atomic E-state index is -0.275. The van der Waals surface area contributed by atoms with Crippen molar-refractivity contribution >= 4 is 11.8 Å². The molecule has 4 nitrogen and oxygen atoms in total. The Hall–Kier alpha value is -1.06. The smallest absolute Gasteiger partial charge is 0.244 e. The first-order valence-electron chi connectivity index (χ1n) is 6.66. The number of rotatable bonds is 1. The summed E-state index contributed by atoms with van der Waals surface area (Å²) in [7, 11) is 1.81. The topological polar surface area (TPSA) is 40.6 Å². The number of hydrogen-bond acceptors (Lipinski definition) is 2. The molecule has 2 fully saturated rings. The molecule has 1 atom stereocenters. The molecule has 17 heavy (non-hydrogen) atoms. The van der Waals surface area contributed by atoms with Crippen LogP contribution in [0.4, 0.5) is 0 Å². The molecule has 1 heterocycles. The second kappa shape index (κ2) is 5.07. The number of piperazine rings is 1. The first kappa shape index (κ1) is 12.4. The van der Waals surface area contributed by atoms with Crippen molar-refractivity contribution in [1.82, 2.24) is 9.80 Å². The fourth-order valence-corrected chi connectivity index (χ4v) is 2.90. The average Bonchev–Trinajstić information content (AvgIpc) is 2.36. The Kier molecular flexibility index (Phi) is 3.69. The SMILES string of the molecule is CC1C(=O)N(C)CCN1C(=O)C1CCCCC1. The van der Waals surface area contributed by atoms with E-state index in [1.165, 1.54) is 6.42 Å². The van der Waals surface area contributed by atoms with Gasteiger partial charge < -0.3 is 9.80 Å². The second-order valence-corrected chi connectivity index (χ2v) is 5.30. The van der Waals surface area contributed by atoms with E-state index >= 15 is 0 Å². The van der Waals surface area contributed by atoms with Crippen LogP contribution in [0.3, 0.4) is 0 Å². The Labute approximate surface area is 103 Å². The Morgan fingerprint density at radius 3 is 2.47 bits per heavy atom. The van der Waals surface area contributed by atoms with Gasteiger partial charge in [0, 0.05) is 26.1 Å². The van der Waals surface area contributed by atoms with Crippen LogP contribution in [-0.4, -0.2) is 47.8 Å². The zero-order valence-corrected chi connectivity index (χ0v) is 10.8. The molecular weight excluding hydrogens is 216 g/mol. The van der Waals surface area contributed by atoms with Crippen molar-refractivity contribution in [2.45, 2.75) is 45.1 Å². The van der Waals surface area contributed by atoms with Gasteiger partial charge in [-0.3, -0.25) is 9.59 Å². The number of hydrogen-bond donors (Lipinski definition) is 0. The maximum Gasteiger partial charge on any atom is 0.244 e. The van der Waals surface area contributed by atoms with Crippen molar-refractivity contribution in [2.24, 2.45) is 5.92 Å². The standard InChI is InChI=1S/C13H22N2O2/c1-10-12(16)14(2)8-9-15(10)13(17)11-6-4-3-5-7-11/h10-11H,3-9H2,1-2H3. The van der Waals surface area contributed by atoms with Gasteiger partial charge in [0.1, 0.15) is 6.04 Å². The van der Waals surface area contributed by atoms with Gasteiger partial charge in [0.2, 0.25) is 11.8 Å². The van der Waals surface area contributed by atoms with Crippen molar-refractivity contribution in [3.8, 4) is 0 Å². The molecule has 0 N–H and O–H groups in total. The van der Waals surface area contributed by atoms with Crippen molar-refractivity contribution < 1.29 is 9.59 Å². The van der Waals surface area contributed by atoms with Gasteiger partial charge in [-0.1, -0.05) is 19.3 Å². The van der Waals surface area contributed by atoms with Crippen LogP contribution in [0.1, 0.15) is 39.0 Å². The van der Waals surface area contributed by atoms with Crippen LogP contribution < -0.4 is 0 Å². The summed E-state index contributed by atoms with van der Waals surface area (Å²) in [4.78, 5) is 27.7. The monoisotopic (exact) mass is 238 g/mol. The van der Waals surface area contributed by atoms with Gasteiger partial charge in [0.25, 0.3) is 0 Å². The van der Waals surface area contributed by atoms with Crippen LogP contribution in [0.5, 0.6) is 0 Å². The van der Waals surface area contributed by atoms with E-state index in [4.69, 9.17) is 0 Å². The number of carbonyl (C=O) groups excluding carboxylic acids is 2. The van der Waals surface area contributed by atoms with E-state index in [2.05, 4.69) is 0 Å². The highest BCUT2D eigenvalue weighted by atomic mass is 16.2. The summed E-state index contributed by atoms with van der Waals surface area (Å²) in [6, 6.07) is -0.275. The van der Waals surface area contributed by atoms with Crippen LogP contribution in [0.2, 0.25) is 0 Å². The van der Waals surface area contributed by atoms with Gasteiger partial charge in [-0.2, -0.15) is 0 Å². The number of nitrogens with zero attached hydrogens (tertiary/aromatic N) is 2. The summed E-state index contributed by atoms with van der Waals surface area (Å²) in [5.74, 6) is 0.446. The summed E-state index contributed by atoms with van der Waals surface area (Å²) in [5, 5.41) is 0. The Bertz CT molecular complexity index is 311. The van der Waals surface area contributed by atoms with E-state index in [0.29, 0.717) is 13.1 Å². The molecule has 4 heteroatoms. The van der Waals surface area contributed by atoms with Gasteiger partial charge in [0.15, 0.2) is 0 Å². The normalized spacial score (nSPS) is 27.4. The molecular formula is C13H22N2O2. The van der Waals surface area contributed by atoms with Gasteiger partial charge in [0.05, 0.1) is 0 Å². The lowest BCUT2D eigenvalue weighted by atomic mass is 9.87. The molecule has 0 spiro atoms. The lowest BCUT2D eigenvalue weighted by molar-refractivity contribution is -0.152. The second-order valence-electron chi connectivity index (χ2n) is 5.30. The average molecular weight is 238 g/mol. The molecule has 0 aromatic carbocycles. The molecule has 2 amide bonds. The fourth-order valence-electron chi connectivity index (χ4n) is 2.90. The highest BCUT2D eigenvalue weighted by molar-refractivity contribution is 5.89. The number of amides is 2. The molecule has 0 aromatic heterocycles. The lowest BCUT2D eigenvalue weighted by Gasteiger charge is -2.39. The van der Waals surface area contributed by atoms with Crippen LogP contribution in [0, 0.1) is 5.92 Å². The predicted octanol–water partition coefficient (Wildman–Crippen LogP) is 1.26. The quantitative estimate of drug-likeness (QED) is 0.690. The maximum absolute atomic E-state index is 12.4. The fraction of sp³-hybridized carbons (Fsp3) is 0.846. The van der Waals surface area contributed by atoms with Crippen LogP contribution in [0.15, 0.2) is 0 Å². The molecule has 1 saturated heterocycles. The minimum Gasteiger partial charge on any atom is -0.342 e. The number of carbonyl (C=O) groups is 2. The molecule has 1 unspecified atom stereocenters. The Morgan fingerprint density at radius 2 is 1.82 bits per heavy atom. The van der Waals surface area contributed by atoms with E-state index in [1.54, 1.807) is 16.8 Å². The zero-order chi connectivity index (χ0) is 12.4. The molecule has 0 radical (unpaired) electrons. The van der Waals surface area contributed by atoms with Crippen LogP contribution >= 0.6 is 0 Å². The third kappa shape index (κ3) is 2.45. The predicted molar refractivity (Wildman–Crippen MR) is 65.4 cm³/mol. The molecule has 1 saturated carbocycles. The van der Waals surface area contributed by atoms with Gasteiger partial charge in [-0.15, -0.1) is 0 Å². The largest absolute Gasteiger partial charge is 0.342 e. The summed E-state index contributed by atoms with van der Waals surface area (Å²) >= 11 is 0. The molecule has 96 valence electrons. The summed E-state index contributed by atoms with van der Waals surface area (Å²) in [6.07, 6.45) is 5.58. The molecule has 1 aliphatic heterocycles. The van der Waals surface area contributed by atoms with E-state index in [9.17, 15) is 9.59 Å². The van der Waals surface area contributed by atoms with Crippen molar-refractivity contribution in [3.05, 3.63) is 0 Å². The third-order valence-corrected chi connectivity index (χ3v) is 4.11. The molecule has 1 aliphatic carbocycles. The highest BCUT2D eigenvalue weighted by Gasteiger charge is 2.35. The summed E-state index contributed by atoms with van der Waals surface area (Å²) in [6.45, 7) is 3.21. The molecule has 0 bridgehead atoms. The molecule has 0 aromatic rings. The van der Waals surface area contributed by atoms with Crippen molar-refractivity contribution in [2.75, 3.05) is 20.1 Å². The third-order valence-electron chi connectivity index (χ3n) is 4.11. The van der Waals surface area contributed by atoms with Crippen LogP contribution in [-0.2, 0) is 9.59 Å². The van der Waals surface area contributed by atoms with Gasteiger partial charge >= 0.3 is 0 Å². The first-order chi connectivity index (χ1) is 8.11. The Balaban J connectivity index is 2.01. The Morgan fingerprint density at radius 1 is 1.18 bits per heavy atom. The van der Waals surface area contributed by atoms with E-state index < -0.39 is 0 Å². The lowest BCUT2D eigenvalue weighted by Crippen LogP contribution is -2.57. The van der Waals surface area contributed by atoms with Crippen LogP contribution in [0.25, 0.3) is 0 Å². The first-order valence-corrected chi connectivity index (χ1v) is 6.66. The highest BCUT2D eigenvalue weighted by Crippen LogP contribution is 2.26. The van der Waals surface area contributed by atoms with E-state index in [0.717, 1.165) is 25.7 Å². The van der Waals surface area contributed by atoms with Crippen molar-refractivity contribution in [3.63, 3.8) is 0 Å². The van der Waals surface area contributed by atoms with Gasteiger partial charge in [-0.05, 0) is 19.8 Å². The van der Waals surface area contributed by atoms with Gasteiger partial charge in [-0.25, -0.2) is 0 Å². The van der Waals surface area contributed by atoms with E-state index in [-0.39, 0.29) is 23.8 Å². The summed E-state index contributed by atoms with van der Waals surface area (Å²) < 4.78 is 0. The number of likely N-dealkylation sites (N-methyl/N-ethyl adjacent to an activating group) is 1. The molecule has 2 aliphatic rings. The van der Waals surface area contributed by atoms with Crippen molar-refractivity contribution in [1.29, 1.82) is 0 Å². The maximum atomic E-state index is 12.4. The molecule has 2 rings (SSSR count). The zero-order valence-electron chi connectivity index (χ0n) is 10.8. The summed E-state index contributed by atoms with van der Waals surface area (Å²) in [5.41, 5.74) is 0. The minimum absolute atomic E-state index is 0.0698. The van der Waals surface area contributed by atoms with E-state index in [1.807, 2.05) is 6.92 Å².